The number of rotatable bonds is 8. The lowest BCUT2D eigenvalue weighted by atomic mass is 9.95. The molecule has 0 saturated heterocycles. The molecule has 1 heterocycles. The van der Waals surface area contributed by atoms with Gasteiger partial charge in [0.1, 0.15) is 13.2 Å². The summed E-state index contributed by atoms with van der Waals surface area (Å²) in [5.74, 6) is 1.50. The van der Waals surface area contributed by atoms with E-state index in [4.69, 9.17) is 9.47 Å². The average molecular weight is 448 g/mol. The van der Waals surface area contributed by atoms with E-state index in [1.54, 1.807) is 24.3 Å². The monoisotopic (exact) mass is 447 g/mol. The maximum Gasteiger partial charge on any atom is 0.315 e. The summed E-state index contributed by atoms with van der Waals surface area (Å²) < 4.78 is 38.3. The minimum Gasteiger partial charge on any atom is -0.486 e. The van der Waals surface area contributed by atoms with E-state index < -0.39 is 10.0 Å². The molecule has 31 heavy (non-hydrogen) atoms. The summed E-state index contributed by atoms with van der Waals surface area (Å²) in [6.45, 7) is 7.17. The van der Waals surface area contributed by atoms with Crippen molar-refractivity contribution in [3.05, 3.63) is 53.6 Å². The number of hydrogen-bond acceptors (Lipinski definition) is 5. The van der Waals surface area contributed by atoms with Crippen molar-refractivity contribution in [1.29, 1.82) is 0 Å². The van der Waals surface area contributed by atoms with E-state index in [-0.39, 0.29) is 36.0 Å². The molecule has 0 radical (unpaired) electrons. The van der Waals surface area contributed by atoms with Crippen LogP contribution in [0, 0.1) is 12.8 Å². The SMILES string of the molecule is Cc1ccc(S(=O)(=O)NCCNC(=O)N[C@H](c2ccc3c(c2)OCCO3)C(C)C)cc1. The number of amides is 2. The Morgan fingerprint density at radius 2 is 1.68 bits per heavy atom. The van der Waals surface area contributed by atoms with E-state index in [9.17, 15) is 13.2 Å². The van der Waals surface area contributed by atoms with E-state index in [0.717, 1.165) is 11.1 Å². The van der Waals surface area contributed by atoms with E-state index in [0.29, 0.717) is 24.7 Å². The van der Waals surface area contributed by atoms with Crippen molar-refractivity contribution in [2.24, 2.45) is 5.92 Å². The number of hydrogen-bond donors (Lipinski definition) is 3. The fourth-order valence-electron chi connectivity index (χ4n) is 3.24. The molecule has 8 nitrogen and oxygen atoms in total. The first-order valence-corrected chi connectivity index (χ1v) is 11.7. The van der Waals surface area contributed by atoms with Crippen LogP contribution in [0.25, 0.3) is 0 Å². The summed E-state index contributed by atoms with van der Waals surface area (Å²) in [4.78, 5) is 12.6. The quantitative estimate of drug-likeness (QED) is 0.540. The number of carbonyl (C=O) groups excluding carboxylic acids is 1. The molecule has 0 spiro atoms. The smallest absolute Gasteiger partial charge is 0.315 e. The molecule has 1 aliphatic heterocycles. The highest BCUT2D eigenvalue weighted by atomic mass is 32.2. The first-order chi connectivity index (χ1) is 14.8. The minimum atomic E-state index is -3.61. The third-order valence-electron chi connectivity index (χ3n) is 4.91. The maximum atomic E-state index is 12.4. The molecule has 2 amide bonds. The molecule has 0 unspecified atom stereocenters. The normalized spacial score (nSPS) is 14.2. The number of fused-ring (bicyclic) bond motifs is 1. The number of benzene rings is 2. The summed E-state index contributed by atoms with van der Waals surface area (Å²) in [7, 11) is -3.61. The molecule has 1 aliphatic rings. The molecule has 0 fully saturated rings. The third-order valence-corrected chi connectivity index (χ3v) is 6.39. The van der Waals surface area contributed by atoms with Crippen molar-refractivity contribution < 1.29 is 22.7 Å². The molecule has 3 rings (SSSR count). The third kappa shape index (κ3) is 6.11. The van der Waals surface area contributed by atoms with E-state index >= 15 is 0 Å². The van der Waals surface area contributed by atoms with Crippen LogP contribution in [0.1, 0.15) is 31.0 Å². The second-order valence-electron chi connectivity index (χ2n) is 7.74. The Morgan fingerprint density at radius 1 is 1.00 bits per heavy atom. The lowest BCUT2D eigenvalue weighted by Crippen LogP contribution is -2.42. The summed E-state index contributed by atoms with van der Waals surface area (Å²) in [6, 6.07) is 11.6. The maximum absolute atomic E-state index is 12.4. The van der Waals surface area contributed by atoms with E-state index in [1.807, 2.05) is 39.0 Å². The molecule has 0 aliphatic carbocycles. The second kappa shape index (κ2) is 10.0. The standard InChI is InChI=1S/C22H29N3O5S/c1-15(2)21(17-6-9-19-20(14-17)30-13-12-29-19)25-22(26)23-10-11-24-31(27,28)18-7-4-16(3)5-8-18/h4-9,14-15,21,24H,10-13H2,1-3H3,(H2,23,25,26)/t21-/m0/s1. The fourth-order valence-corrected chi connectivity index (χ4v) is 4.27. The van der Waals surface area contributed by atoms with Crippen LogP contribution in [0.3, 0.4) is 0 Å². The number of ether oxygens (including phenoxy) is 2. The van der Waals surface area contributed by atoms with Crippen LogP contribution >= 0.6 is 0 Å². The molecule has 9 heteroatoms. The summed E-state index contributed by atoms with van der Waals surface area (Å²) >= 11 is 0. The summed E-state index contributed by atoms with van der Waals surface area (Å²) in [5.41, 5.74) is 1.89. The zero-order valence-corrected chi connectivity index (χ0v) is 18.8. The van der Waals surface area contributed by atoms with E-state index in [2.05, 4.69) is 15.4 Å². The fraction of sp³-hybridized carbons (Fsp3) is 0.409. The lowest BCUT2D eigenvalue weighted by Gasteiger charge is -2.25. The van der Waals surface area contributed by atoms with Crippen LogP contribution in [0.2, 0.25) is 0 Å². The van der Waals surface area contributed by atoms with Crippen molar-refractivity contribution in [2.45, 2.75) is 31.7 Å². The van der Waals surface area contributed by atoms with Gasteiger partial charge in [0, 0.05) is 13.1 Å². The number of nitrogens with one attached hydrogen (secondary N) is 3. The van der Waals surface area contributed by atoms with Gasteiger partial charge < -0.3 is 20.1 Å². The van der Waals surface area contributed by atoms with Gasteiger partial charge in [0.05, 0.1) is 10.9 Å². The van der Waals surface area contributed by atoms with Gasteiger partial charge in [-0.1, -0.05) is 37.6 Å². The minimum absolute atomic E-state index is 0.0833. The second-order valence-corrected chi connectivity index (χ2v) is 9.50. The van der Waals surface area contributed by atoms with Crippen LogP contribution < -0.4 is 24.8 Å². The summed E-state index contributed by atoms with van der Waals surface area (Å²) in [6.07, 6.45) is 0. The van der Waals surface area contributed by atoms with Gasteiger partial charge in [-0.15, -0.1) is 0 Å². The van der Waals surface area contributed by atoms with Gasteiger partial charge in [0.2, 0.25) is 10.0 Å². The van der Waals surface area contributed by atoms with Gasteiger partial charge in [-0.05, 0) is 42.7 Å². The molecule has 3 N–H and O–H groups in total. The van der Waals surface area contributed by atoms with Crippen LogP contribution in [-0.4, -0.2) is 40.8 Å². The lowest BCUT2D eigenvalue weighted by molar-refractivity contribution is 0.171. The molecule has 2 aromatic carbocycles. The van der Waals surface area contributed by atoms with Crippen molar-refractivity contribution in [3.63, 3.8) is 0 Å². The molecule has 168 valence electrons. The largest absolute Gasteiger partial charge is 0.486 e. The van der Waals surface area contributed by atoms with Gasteiger partial charge in [0.15, 0.2) is 11.5 Å². The van der Waals surface area contributed by atoms with Gasteiger partial charge >= 0.3 is 6.03 Å². The number of urea groups is 1. The van der Waals surface area contributed by atoms with Gasteiger partial charge in [-0.25, -0.2) is 17.9 Å². The highest BCUT2D eigenvalue weighted by Crippen LogP contribution is 2.34. The molecular formula is C22H29N3O5S. The van der Waals surface area contributed by atoms with Crippen molar-refractivity contribution >= 4 is 16.1 Å². The van der Waals surface area contributed by atoms with Gasteiger partial charge in [-0.2, -0.15) is 0 Å². The van der Waals surface area contributed by atoms with Crippen LogP contribution in [-0.2, 0) is 10.0 Å². The first kappa shape index (κ1) is 22.9. The molecule has 0 bridgehead atoms. The Hall–Kier alpha value is -2.78. The molecule has 0 saturated carbocycles. The zero-order valence-electron chi connectivity index (χ0n) is 18.0. The number of sulfonamides is 1. The van der Waals surface area contributed by atoms with Crippen LogP contribution in [0.5, 0.6) is 11.5 Å². The topological polar surface area (TPSA) is 106 Å². The molecule has 1 atom stereocenters. The highest BCUT2D eigenvalue weighted by molar-refractivity contribution is 7.89. The Bertz CT molecular complexity index is 1010. The van der Waals surface area contributed by atoms with Crippen LogP contribution in [0.15, 0.2) is 47.4 Å². The Balaban J connectivity index is 1.52. The summed E-state index contributed by atoms with van der Waals surface area (Å²) in [5, 5.41) is 5.65. The van der Waals surface area contributed by atoms with Gasteiger partial charge in [0.25, 0.3) is 0 Å². The van der Waals surface area contributed by atoms with Crippen molar-refractivity contribution in [2.75, 3.05) is 26.3 Å². The number of carbonyl (C=O) groups is 1. The predicted molar refractivity (Wildman–Crippen MR) is 118 cm³/mol. The average Bonchev–Trinajstić information content (AvgIpc) is 2.75. The number of aryl methyl sites for hydroxylation is 1. The predicted octanol–water partition coefficient (Wildman–Crippen LogP) is 2.74. The molecule has 0 aromatic heterocycles. The van der Waals surface area contributed by atoms with E-state index in [1.165, 1.54) is 0 Å². The van der Waals surface area contributed by atoms with Gasteiger partial charge in [-0.3, -0.25) is 0 Å². The van der Waals surface area contributed by atoms with Crippen molar-refractivity contribution in [1.82, 2.24) is 15.4 Å². The highest BCUT2D eigenvalue weighted by Gasteiger charge is 2.21. The molecular weight excluding hydrogens is 418 g/mol. The molecule has 2 aromatic rings. The van der Waals surface area contributed by atoms with Crippen LogP contribution in [0.4, 0.5) is 4.79 Å². The Labute approximate surface area is 183 Å². The first-order valence-electron chi connectivity index (χ1n) is 10.3. The Kier molecular flexibility index (Phi) is 7.40. The Morgan fingerprint density at radius 3 is 2.35 bits per heavy atom. The van der Waals surface area contributed by atoms with Crippen molar-refractivity contribution in [3.8, 4) is 11.5 Å². The zero-order chi connectivity index (χ0) is 22.4.